The van der Waals surface area contributed by atoms with Crippen LogP contribution in [0.2, 0.25) is 0 Å². The number of aromatic hydroxyl groups is 2. The topological polar surface area (TPSA) is 99.3 Å². The summed E-state index contributed by atoms with van der Waals surface area (Å²) in [6.45, 7) is 3.20. The first-order chi connectivity index (χ1) is 14.9. The van der Waals surface area contributed by atoms with E-state index in [1.165, 1.54) is 31.5 Å². The van der Waals surface area contributed by atoms with E-state index in [1.807, 2.05) is 12.1 Å². The minimum Gasteiger partial charge on any atom is -0.507 e. The summed E-state index contributed by atoms with van der Waals surface area (Å²) in [4.78, 5) is 32.0. The fourth-order valence-electron chi connectivity index (χ4n) is 2.86. The van der Waals surface area contributed by atoms with Crippen LogP contribution < -0.4 is 0 Å². The molecule has 0 spiro atoms. The second kappa shape index (κ2) is 9.63. The maximum absolute atomic E-state index is 11.8. The predicted octanol–water partition coefficient (Wildman–Crippen LogP) is 5.39. The number of benzene rings is 3. The zero-order valence-corrected chi connectivity index (χ0v) is 17.2. The summed E-state index contributed by atoms with van der Waals surface area (Å²) in [5.41, 5.74) is 2.95. The molecule has 0 heterocycles. The Morgan fingerprint density at radius 2 is 1.29 bits per heavy atom. The van der Waals surface area contributed by atoms with Crippen LogP contribution in [0.3, 0.4) is 0 Å². The molecule has 31 heavy (non-hydrogen) atoms. The minimum atomic E-state index is -0.131. The van der Waals surface area contributed by atoms with Gasteiger partial charge in [0, 0.05) is 41.1 Å². The maximum Gasteiger partial charge on any atom is 0.162 e. The fraction of sp³-hybridized carbons (Fsp3) is 0.120. The van der Waals surface area contributed by atoms with Crippen molar-refractivity contribution in [3.63, 3.8) is 0 Å². The molecule has 0 saturated heterocycles. The van der Waals surface area contributed by atoms with Gasteiger partial charge in [-0.1, -0.05) is 31.2 Å². The first kappa shape index (κ1) is 21.6. The molecule has 0 amide bonds. The van der Waals surface area contributed by atoms with E-state index in [9.17, 15) is 19.8 Å². The molecular weight excluding hydrogens is 392 g/mol. The number of carbonyl (C=O) groups is 2. The van der Waals surface area contributed by atoms with E-state index in [0.29, 0.717) is 40.0 Å². The van der Waals surface area contributed by atoms with Gasteiger partial charge in [0.15, 0.2) is 11.6 Å². The van der Waals surface area contributed by atoms with Gasteiger partial charge >= 0.3 is 0 Å². The lowest BCUT2D eigenvalue weighted by molar-refractivity contribution is 0.0985. The van der Waals surface area contributed by atoms with Gasteiger partial charge in [0.25, 0.3) is 0 Å². The molecule has 0 aliphatic heterocycles. The average molecular weight is 414 g/mol. The van der Waals surface area contributed by atoms with Crippen LogP contribution in [0.15, 0.2) is 70.6 Å². The van der Waals surface area contributed by atoms with E-state index >= 15 is 0 Å². The quantitative estimate of drug-likeness (QED) is 0.400. The van der Waals surface area contributed by atoms with Crippen LogP contribution in [-0.4, -0.2) is 34.2 Å². The van der Waals surface area contributed by atoms with E-state index in [1.54, 1.807) is 43.3 Å². The molecule has 3 rings (SSSR count). The third-order valence-electron chi connectivity index (χ3n) is 4.68. The molecular formula is C25H22N2O4. The summed E-state index contributed by atoms with van der Waals surface area (Å²) in [7, 11) is 0. The lowest BCUT2D eigenvalue weighted by Gasteiger charge is -2.04. The van der Waals surface area contributed by atoms with E-state index in [-0.39, 0.29) is 23.1 Å². The number of hydrogen-bond acceptors (Lipinski definition) is 6. The van der Waals surface area contributed by atoms with Crippen molar-refractivity contribution >= 4 is 35.4 Å². The van der Waals surface area contributed by atoms with Crippen LogP contribution in [0.1, 0.15) is 52.1 Å². The van der Waals surface area contributed by atoms with Gasteiger partial charge in [-0.3, -0.25) is 19.6 Å². The normalized spacial score (nSPS) is 11.3. The summed E-state index contributed by atoms with van der Waals surface area (Å²) >= 11 is 0. The highest BCUT2D eigenvalue weighted by Crippen LogP contribution is 2.28. The number of phenolic OH excluding ortho intramolecular Hbond substituents is 2. The summed E-state index contributed by atoms with van der Waals surface area (Å²) < 4.78 is 0. The van der Waals surface area contributed by atoms with E-state index in [2.05, 4.69) is 9.98 Å². The number of carbonyl (C=O) groups excluding carboxylic acids is 2. The molecule has 6 heteroatoms. The Kier molecular flexibility index (Phi) is 6.72. The van der Waals surface area contributed by atoms with Crippen LogP contribution in [0.5, 0.6) is 11.5 Å². The summed E-state index contributed by atoms with van der Waals surface area (Å²) in [6, 6.07) is 16.6. The van der Waals surface area contributed by atoms with Gasteiger partial charge in [-0.15, -0.1) is 0 Å². The number of nitrogens with zero attached hydrogens (tertiary/aromatic N) is 2. The SMILES string of the molecule is CCC(=O)c1ccc(C=Nc2ccccc2N=Cc2ccc(C(C)=O)cc2O)c(O)c1. The molecule has 2 N–H and O–H groups in total. The van der Waals surface area contributed by atoms with E-state index in [0.717, 1.165) is 0 Å². The Balaban J connectivity index is 1.85. The lowest BCUT2D eigenvalue weighted by atomic mass is 10.1. The van der Waals surface area contributed by atoms with Crippen LogP contribution >= 0.6 is 0 Å². The number of hydrogen-bond donors (Lipinski definition) is 2. The third-order valence-corrected chi connectivity index (χ3v) is 4.68. The lowest BCUT2D eigenvalue weighted by Crippen LogP contribution is -1.96. The second-order valence-corrected chi connectivity index (χ2v) is 6.89. The van der Waals surface area contributed by atoms with Gasteiger partial charge in [-0.25, -0.2) is 0 Å². The van der Waals surface area contributed by atoms with Crippen molar-refractivity contribution in [1.82, 2.24) is 0 Å². The first-order valence-corrected chi connectivity index (χ1v) is 9.76. The van der Waals surface area contributed by atoms with Crippen LogP contribution in [-0.2, 0) is 0 Å². The Bertz CT molecular complexity index is 1200. The molecule has 0 saturated carbocycles. The van der Waals surface area contributed by atoms with Crippen molar-refractivity contribution in [3.8, 4) is 11.5 Å². The van der Waals surface area contributed by atoms with Crippen molar-refractivity contribution in [3.05, 3.63) is 82.9 Å². The Morgan fingerprint density at radius 3 is 1.74 bits per heavy atom. The van der Waals surface area contributed by atoms with Crippen molar-refractivity contribution < 1.29 is 19.8 Å². The van der Waals surface area contributed by atoms with E-state index in [4.69, 9.17) is 0 Å². The highest BCUT2D eigenvalue weighted by molar-refractivity contribution is 5.98. The largest absolute Gasteiger partial charge is 0.507 e. The van der Waals surface area contributed by atoms with Crippen LogP contribution in [0.4, 0.5) is 11.4 Å². The molecule has 6 nitrogen and oxygen atoms in total. The van der Waals surface area contributed by atoms with Gasteiger partial charge in [0.05, 0.1) is 11.4 Å². The molecule has 0 bridgehead atoms. The molecule has 0 unspecified atom stereocenters. The zero-order valence-electron chi connectivity index (χ0n) is 17.2. The summed E-state index contributed by atoms with van der Waals surface area (Å²) in [5, 5.41) is 20.3. The molecule has 0 aromatic heterocycles. The predicted molar refractivity (Wildman–Crippen MR) is 122 cm³/mol. The van der Waals surface area contributed by atoms with Gasteiger partial charge in [-0.2, -0.15) is 0 Å². The Morgan fingerprint density at radius 1 is 0.806 bits per heavy atom. The molecule has 156 valence electrons. The number of phenols is 2. The minimum absolute atomic E-state index is 0.0282. The number of para-hydroxylation sites is 2. The van der Waals surface area contributed by atoms with Gasteiger partial charge in [0.1, 0.15) is 11.5 Å². The molecule has 3 aromatic carbocycles. The highest BCUT2D eigenvalue weighted by Gasteiger charge is 2.07. The van der Waals surface area contributed by atoms with Crippen LogP contribution in [0, 0.1) is 0 Å². The smallest absolute Gasteiger partial charge is 0.162 e. The summed E-state index contributed by atoms with van der Waals surface area (Å²) in [6.07, 6.45) is 3.37. The average Bonchev–Trinajstić information content (AvgIpc) is 2.77. The monoisotopic (exact) mass is 414 g/mol. The number of ketones is 2. The third kappa shape index (κ3) is 5.30. The van der Waals surface area contributed by atoms with Crippen LogP contribution in [0.25, 0.3) is 0 Å². The van der Waals surface area contributed by atoms with Crippen molar-refractivity contribution in [2.75, 3.05) is 0 Å². The number of rotatable bonds is 7. The van der Waals surface area contributed by atoms with Crippen molar-refractivity contribution in [2.24, 2.45) is 9.98 Å². The Labute approximate surface area is 180 Å². The standard InChI is InChI=1S/C25H22N2O4/c1-3-23(29)18-9-11-20(25(31)13-18)15-27-22-7-5-4-6-21(22)26-14-19-10-8-17(16(2)28)12-24(19)30/h4-15,30-31H,3H2,1-2H3. The van der Waals surface area contributed by atoms with Gasteiger partial charge in [0.2, 0.25) is 0 Å². The number of Topliss-reactive ketones (excluding diaryl/α,β-unsaturated/α-hetero) is 2. The van der Waals surface area contributed by atoms with Gasteiger partial charge in [-0.05, 0) is 43.3 Å². The highest BCUT2D eigenvalue weighted by atomic mass is 16.3. The first-order valence-electron chi connectivity index (χ1n) is 9.76. The second-order valence-electron chi connectivity index (χ2n) is 6.89. The molecule has 0 aliphatic carbocycles. The summed E-state index contributed by atoms with van der Waals surface area (Å²) in [5.74, 6) is -0.240. The molecule has 0 radical (unpaired) electrons. The van der Waals surface area contributed by atoms with Crippen molar-refractivity contribution in [2.45, 2.75) is 20.3 Å². The zero-order chi connectivity index (χ0) is 22.4. The number of aliphatic imine (C=N–C) groups is 2. The fourth-order valence-corrected chi connectivity index (χ4v) is 2.86. The molecule has 0 fully saturated rings. The van der Waals surface area contributed by atoms with Crippen molar-refractivity contribution in [1.29, 1.82) is 0 Å². The maximum atomic E-state index is 11.8. The molecule has 0 aliphatic rings. The molecule has 0 atom stereocenters. The van der Waals surface area contributed by atoms with Gasteiger partial charge < -0.3 is 10.2 Å². The molecule has 3 aromatic rings. The van der Waals surface area contributed by atoms with E-state index < -0.39 is 0 Å². The Hall–Kier alpha value is -4.06.